The number of nitrogens with two attached hydrogens (primary N) is 3. The number of likely N-dealkylation sites (N-methyl/N-ethyl adjacent to an activating group) is 1. The summed E-state index contributed by atoms with van der Waals surface area (Å²) in [6.45, 7) is 0.221. The van der Waals surface area contributed by atoms with Crippen molar-refractivity contribution in [1.29, 1.82) is 0 Å². The van der Waals surface area contributed by atoms with E-state index in [1.54, 1.807) is 24.3 Å². The molecule has 0 aliphatic carbocycles. The summed E-state index contributed by atoms with van der Waals surface area (Å²) in [5.41, 5.74) is 19.5. The van der Waals surface area contributed by atoms with E-state index in [0.29, 0.717) is 41.6 Å². The number of unbranched alkanes of at least 4 members (excludes halogenated alkanes) is 1. The third-order valence-electron chi connectivity index (χ3n) is 7.15. The van der Waals surface area contributed by atoms with Crippen LogP contribution < -0.4 is 27.8 Å². The molecule has 40 heavy (non-hydrogen) atoms. The lowest BCUT2D eigenvalue weighted by Gasteiger charge is -2.32. The summed E-state index contributed by atoms with van der Waals surface area (Å²) in [5, 5.41) is 36.4. The number of amides is 3. The lowest BCUT2D eigenvalue weighted by atomic mass is 9.95. The molecule has 0 saturated heterocycles. The van der Waals surface area contributed by atoms with Crippen LogP contribution in [0.25, 0.3) is 11.1 Å². The number of aliphatic hydroxyl groups excluding tert-OH is 1. The molecule has 2 aromatic carbocycles. The van der Waals surface area contributed by atoms with E-state index in [1.807, 2.05) is 0 Å². The summed E-state index contributed by atoms with van der Waals surface area (Å²) in [7, 11) is 1.45. The van der Waals surface area contributed by atoms with E-state index >= 15 is 0 Å². The Hall–Kier alpha value is -3.71. The highest BCUT2D eigenvalue weighted by atomic mass is 16.3. The molecular formula is C28H40N6O6. The number of carbonyl (C=O) groups is 3. The normalized spacial score (nSPS) is 20.7. The lowest BCUT2D eigenvalue weighted by molar-refractivity contribution is -0.142. The fourth-order valence-electron chi connectivity index (χ4n) is 4.65. The molecule has 12 nitrogen and oxygen atoms in total. The molecule has 4 atom stereocenters. The van der Waals surface area contributed by atoms with Crippen molar-refractivity contribution in [1.82, 2.24) is 15.5 Å². The second-order valence-corrected chi connectivity index (χ2v) is 10.1. The number of fused-ring (bicyclic) bond motifs is 5. The summed E-state index contributed by atoms with van der Waals surface area (Å²) in [6, 6.07) is 6.66. The molecule has 0 aromatic heterocycles. The number of nitrogens with one attached hydrogen (secondary N) is 2. The number of phenols is 2. The van der Waals surface area contributed by atoms with Gasteiger partial charge in [0.15, 0.2) is 0 Å². The van der Waals surface area contributed by atoms with E-state index < -0.39 is 42.0 Å². The van der Waals surface area contributed by atoms with Gasteiger partial charge in [0.2, 0.25) is 17.7 Å². The Morgan fingerprint density at radius 3 is 2.23 bits per heavy atom. The SMILES string of the molecule is CN1C(=O)[C@H](CCCCN)NC(=O)[C@H](N)Cc2cc(ccc2O)-c2ccc(O)c(c2)C[C@H]1C(=O)NCC(O)CN. The van der Waals surface area contributed by atoms with E-state index in [1.165, 1.54) is 24.1 Å². The zero-order valence-corrected chi connectivity index (χ0v) is 22.7. The average molecular weight is 557 g/mol. The number of rotatable bonds is 8. The molecule has 3 amide bonds. The molecule has 12 heteroatoms. The number of phenolic OH excluding ortho intramolecular Hbond substituents is 2. The van der Waals surface area contributed by atoms with Crippen LogP contribution in [0.15, 0.2) is 36.4 Å². The maximum absolute atomic E-state index is 13.7. The Kier molecular flexibility index (Phi) is 10.8. The standard InChI is InChI=1S/C28H40N6O6/c1-34-23(27(39)32-15-20(35)14-30)13-19-11-17(6-8-25(19)37)16-5-7-24(36)18(10-16)12-21(31)26(38)33-22(28(34)40)4-2-3-9-29/h5-8,10-11,20-23,35-37H,2-4,9,12-15,29-31H2,1H3,(H,32,39)(H,33,38)/t20?,21-,22+,23+/m1/s1. The Labute approximate surface area is 233 Å². The van der Waals surface area contributed by atoms with Crippen molar-refractivity contribution in [2.45, 2.75) is 56.3 Å². The summed E-state index contributed by atoms with van der Waals surface area (Å²) >= 11 is 0. The van der Waals surface area contributed by atoms with E-state index in [2.05, 4.69) is 10.6 Å². The third kappa shape index (κ3) is 7.69. The van der Waals surface area contributed by atoms with Crippen LogP contribution in [0.1, 0.15) is 30.4 Å². The number of hydrogen-bond acceptors (Lipinski definition) is 9. The molecule has 2 aromatic rings. The predicted molar refractivity (Wildman–Crippen MR) is 150 cm³/mol. The molecule has 0 saturated carbocycles. The van der Waals surface area contributed by atoms with Crippen molar-refractivity contribution >= 4 is 17.7 Å². The zero-order chi connectivity index (χ0) is 29.4. The van der Waals surface area contributed by atoms with Gasteiger partial charge in [-0.15, -0.1) is 0 Å². The highest BCUT2D eigenvalue weighted by Crippen LogP contribution is 2.31. The van der Waals surface area contributed by atoms with Crippen LogP contribution in [0.2, 0.25) is 0 Å². The Morgan fingerprint density at radius 2 is 1.65 bits per heavy atom. The average Bonchev–Trinajstić information content (AvgIpc) is 2.94. The predicted octanol–water partition coefficient (Wildman–Crippen LogP) is -0.933. The van der Waals surface area contributed by atoms with Crippen molar-refractivity contribution < 1.29 is 29.7 Å². The molecule has 1 heterocycles. The topological polar surface area (TPSA) is 217 Å². The van der Waals surface area contributed by atoms with Gasteiger partial charge in [-0.3, -0.25) is 14.4 Å². The van der Waals surface area contributed by atoms with Crippen LogP contribution in [-0.4, -0.2) is 88.9 Å². The van der Waals surface area contributed by atoms with E-state index in [4.69, 9.17) is 17.2 Å². The zero-order valence-electron chi connectivity index (χ0n) is 22.7. The first-order valence-electron chi connectivity index (χ1n) is 13.4. The van der Waals surface area contributed by atoms with Crippen molar-refractivity contribution in [3.05, 3.63) is 47.5 Å². The molecular weight excluding hydrogens is 516 g/mol. The number of aromatic hydroxyl groups is 2. The Bertz CT molecular complexity index is 1210. The van der Waals surface area contributed by atoms with Gasteiger partial charge in [0.25, 0.3) is 0 Å². The highest BCUT2D eigenvalue weighted by molar-refractivity contribution is 5.93. The van der Waals surface area contributed by atoms with Crippen LogP contribution in [-0.2, 0) is 27.2 Å². The Balaban J connectivity index is 2.10. The maximum atomic E-state index is 13.7. The van der Waals surface area contributed by atoms with Gasteiger partial charge in [0.1, 0.15) is 23.6 Å². The smallest absolute Gasteiger partial charge is 0.245 e. The van der Waals surface area contributed by atoms with Crippen LogP contribution in [0.5, 0.6) is 11.5 Å². The van der Waals surface area contributed by atoms with Gasteiger partial charge in [-0.05, 0) is 72.3 Å². The number of benzene rings is 2. The summed E-state index contributed by atoms with van der Waals surface area (Å²) < 4.78 is 0. The van der Waals surface area contributed by atoms with E-state index in [9.17, 15) is 29.7 Å². The molecule has 0 radical (unpaired) electrons. The Morgan fingerprint density at radius 1 is 1.05 bits per heavy atom. The minimum Gasteiger partial charge on any atom is -0.508 e. The van der Waals surface area contributed by atoms with Gasteiger partial charge >= 0.3 is 0 Å². The van der Waals surface area contributed by atoms with Gasteiger partial charge in [0, 0.05) is 33.0 Å². The first kappa shape index (κ1) is 30.8. The van der Waals surface area contributed by atoms with Gasteiger partial charge in [-0.1, -0.05) is 12.1 Å². The number of hydrogen-bond donors (Lipinski definition) is 8. The number of aliphatic hydroxyl groups is 1. The van der Waals surface area contributed by atoms with Crippen molar-refractivity contribution in [3.8, 4) is 22.6 Å². The molecule has 1 aliphatic rings. The first-order chi connectivity index (χ1) is 19.0. The van der Waals surface area contributed by atoms with Crippen molar-refractivity contribution in [3.63, 3.8) is 0 Å². The molecule has 218 valence electrons. The first-order valence-corrected chi connectivity index (χ1v) is 13.4. The minimum absolute atomic E-state index is 0.0184. The highest BCUT2D eigenvalue weighted by Gasteiger charge is 2.34. The molecule has 0 fully saturated rings. The summed E-state index contributed by atoms with van der Waals surface area (Å²) in [5.74, 6) is -1.76. The van der Waals surface area contributed by atoms with Crippen LogP contribution in [0.3, 0.4) is 0 Å². The molecule has 11 N–H and O–H groups in total. The van der Waals surface area contributed by atoms with Gasteiger partial charge in [0.05, 0.1) is 12.1 Å². The monoisotopic (exact) mass is 556 g/mol. The quantitative estimate of drug-likeness (QED) is 0.188. The van der Waals surface area contributed by atoms with Gasteiger partial charge < -0.3 is 48.1 Å². The lowest BCUT2D eigenvalue weighted by Crippen LogP contribution is -2.57. The van der Waals surface area contributed by atoms with Gasteiger partial charge in [-0.2, -0.15) is 0 Å². The van der Waals surface area contributed by atoms with E-state index in [-0.39, 0.29) is 43.9 Å². The fraction of sp³-hybridized carbons (Fsp3) is 0.464. The molecule has 3 rings (SSSR count). The number of carbonyl (C=O) groups excluding carboxylic acids is 3. The summed E-state index contributed by atoms with van der Waals surface area (Å²) in [6.07, 6.45) is 0.419. The fourth-order valence-corrected chi connectivity index (χ4v) is 4.65. The molecule has 0 spiro atoms. The second-order valence-electron chi connectivity index (χ2n) is 10.1. The molecule has 1 unspecified atom stereocenters. The largest absolute Gasteiger partial charge is 0.508 e. The van der Waals surface area contributed by atoms with Crippen LogP contribution in [0, 0.1) is 0 Å². The number of nitrogens with zero attached hydrogens (tertiary/aromatic N) is 1. The second kappa shape index (κ2) is 14.1. The van der Waals surface area contributed by atoms with Gasteiger partial charge in [-0.25, -0.2) is 0 Å². The van der Waals surface area contributed by atoms with Crippen molar-refractivity contribution in [2.75, 3.05) is 26.7 Å². The van der Waals surface area contributed by atoms with Crippen LogP contribution in [0.4, 0.5) is 0 Å². The molecule has 4 bridgehead atoms. The maximum Gasteiger partial charge on any atom is 0.245 e. The van der Waals surface area contributed by atoms with Crippen molar-refractivity contribution in [2.24, 2.45) is 17.2 Å². The third-order valence-corrected chi connectivity index (χ3v) is 7.15. The van der Waals surface area contributed by atoms with E-state index in [0.717, 1.165) is 0 Å². The molecule has 1 aliphatic heterocycles. The summed E-state index contributed by atoms with van der Waals surface area (Å²) in [4.78, 5) is 41.4. The van der Waals surface area contributed by atoms with Crippen LogP contribution >= 0.6 is 0 Å². The minimum atomic E-state index is -1.10.